The summed E-state index contributed by atoms with van der Waals surface area (Å²) in [6, 6.07) is 4.17. The highest BCUT2D eigenvalue weighted by atomic mass is 19.1. The van der Waals surface area contributed by atoms with E-state index in [4.69, 9.17) is 9.47 Å². The Balaban J connectivity index is 2.54. The Kier molecular flexibility index (Phi) is 7.11. The van der Waals surface area contributed by atoms with Crippen LogP contribution in [0.25, 0.3) is 0 Å². The van der Waals surface area contributed by atoms with Gasteiger partial charge in [0.15, 0.2) is 17.7 Å². The average Bonchev–Trinajstić information content (AvgIpc) is 2.45. The lowest BCUT2D eigenvalue weighted by molar-refractivity contribution is -0.127. The lowest BCUT2D eigenvalue weighted by atomic mass is 10.1. The molecule has 118 valence electrons. The van der Waals surface area contributed by atoms with Crippen molar-refractivity contribution in [2.75, 3.05) is 20.3 Å². The Morgan fingerprint density at radius 1 is 1.43 bits per heavy atom. The summed E-state index contributed by atoms with van der Waals surface area (Å²) in [6.45, 7) is 4.13. The molecule has 0 saturated carbocycles. The van der Waals surface area contributed by atoms with Crippen molar-refractivity contribution < 1.29 is 23.8 Å². The number of aliphatic hydroxyl groups is 1. The summed E-state index contributed by atoms with van der Waals surface area (Å²) in [7, 11) is 1.59. The van der Waals surface area contributed by atoms with Crippen molar-refractivity contribution in [3.8, 4) is 5.75 Å². The average molecular weight is 299 g/mol. The molecule has 6 heteroatoms. The number of amides is 1. The van der Waals surface area contributed by atoms with Crippen LogP contribution < -0.4 is 10.1 Å². The summed E-state index contributed by atoms with van der Waals surface area (Å²) in [6.07, 6.45) is -0.860. The van der Waals surface area contributed by atoms with Crippen molar-refractivity contribution >= 4 is 5.91 Å². The van der Waals surface area contributed by atoms with Gasteiger partial charge in [-0.2, -0.15) is 0 Å². The smallest absolute Gasteiger partial charge is 0.260 e. The van der Waals surface area contributed by atoms with E-state index in [2.05, 4.69) is 5.32 Å². The first-order valence-corrected chi connectivity index (χ1v) is 6.86. The van der Waals surface area contributed by atoms with Crippen molar-refractivity contribution in [2.45, 2.75) is 32.5 Å². The van der Waals surface area contributed by atoms with Crippen molar-refractivity contribution in [2.24, 2.45) is 0 Å². The number of aliphatic hydroxyl groups excluding tert-OH is 1. The Morgan fingerprint density at radius 3 is 2.71 bits per heavy atom. The van der Waals surface area contributed by atoms with Crippen LogP contribution in [0.5, 0.6) is 5.75 Å². The minimum absolute atomic E-state index is 0.0149. The van der Waals surface area contributed by atoms with E-state index in [-0.39, 0.29) is 11.7 Å². The molecular formula is C15H22FNO4. The molecule has 21 heavy (non-hydrogen) atoms. The minimum Gasteiger partial charge on any atom is -0.478 e. The molecule has 5 nitrogen and oxygen atoms in total. The first kappa shape index (κ1) is 17.4. The summed E-state index contributed by atoms with van der Waals surface area (Å²) < 4.78 is 24.0. The van der Waals surface area contributed by atoms with E-state index in [1.165, 1.54) is 12.1 Å². The second-order valence-electron chi connectivity index (χ2n) is 4.76. The summed E-state index contributed by atoms with van der Waals surface area (Å²) in [5, 5.41) is 12.0. The molecule has 0 saturated heterocycles. The zero-order valence-electron chi connectivity index (χ0n) is 12.6. The highest BCUT2D eigenvalue weighted by Gasteiger charge is 2.16. The van der Waals surface area contributed by atoms with Crippen LogP contribution in [0.4, 0.5) is 4.39 Å². The zero-order valence-corrected chi connectivity index (χ0v) is 12.6. The van der Waals surface area contributed by atoms with Gasteiger partial charge >= 0.3 is 0 Å². The predicted octanol–water partition coefficient (Wildman–Crippen LogP) is 1.80. The number of rotatable bonds is 8. The SMILES string of the molecule is COCCCNC(=O)C(C)Oc1ccc([C@H](C)O)cc1F. The number of hydrogen-bond donors (Lipinski definition) is 2. The fraction of sp³-hybridized carbons (Fsp3) is 0.533. The van der Waals surface area contributed by atoms with Gasteiger partial charge in [-0.15, -0.1) is 0 Å². The largest absolute Gasteiger partial charge is 0.478 e. The normalized spacial score (nSPS) is 13.6. The summed E-state index contributed by atoms with van der Waals surface area (Å²) in [5.41, 5.74) is 0.455. The maximum Gasteiger partial charge on any atom is 0.260 e. The molecule has 0 radical (unpaired) electrons. The Bertz CT molecular complexity index is 465. The Morgan fingerprint density at radius 2 is 2.14 bits per heavy atom. The molecule has 1 aromatic carbocycles. The van der Waals surface area contributed by atoms with E-state index >= 15 is 0 Å². The fourth-order valence-corrected chi connectivity index (χ4v) is 1.69. The highest BCUT2D eigenvalue weighted by molar-refractivity contribution is 5.80. The number of halogens is 1. The highest BCUT2D eigenvalue weighted by Crippen LogP contribution is 2.22. The number of benzene rings is 1. The standard InChI is InChI=1S/C15H22FNO4/c1-10(18)12-5-6-14(13(16)9-12)21-11(2)15(19)17-7-4-8-20-3/h5-6,9-11,18H,4,7-8H2,1-3H3,(H,17,19)/t10-,11?/m0/s1. The lowest BCUT2D eigenvalue weighted by Gasteiger charge is -2.16. The van der Waals surface area contributed by atoms with E-state index < -0.39 is 18.0 Å². The summed E-state index contributed by atoms with van der Waals surface area (Å²) >= 11 is 0. The monoisotopic (exact) mass is 299 g/mol. The van der Waals surface area contributed by atoms with Gasteiger partial charge in [0, 0.05) is 20.3 Å². The molecule has 0 aliphatic carbocycles. The van der Waals surface area contributed by atoms with Gasteiger partial charge in [0.2, 0.25) is 0 Å². The molecule has 0 aliphatic rings. The zero-order chi connectivity index (χ0) is 15.8. The van der Waals surface area contributed by atoms with Crippen LogP contribution in [-0.4, -0.2) is 37.4 Å². The third-order valence-corrected chi connectivity index (χ3v) is 2.94. The maximum atomic E-state index is 13.8. The predicted molar refractivity (Wildman–Crippen MR) is 76.6 cm³/mol. The molecule has 1 amide bonds. The second kappa shape index (κ2) is 8.59. The molecule has 0 heterocycles. The maximum absolute atomic E-state index is 13.8. The van der Waals surface area contributed by atoms with Crippen LogP contribution in [0, 0.1) is 5.82 Å². The van der Waals surface area contributed by atoms with Crippen molar-refractivity contribution in [1.29, 1.82) is 0 Å². The second-order valence-corrected chi connectivity index (χ2v) is 4.76. The summed E-state index contributed by atoms with van der Waals surface area (Å²) in [5.74, 6) is -0.934. The van der Waals surface area contributed by atoms with E-state index in [1.807, 2.05) is 0 Å². The lowest BCUT2D eigenvalue weighted by Crippen LogP contribution is -2.37. The van der Waals surface area contributed by atoms with Crippen LogP contribution in [0.2, 0.25) is 0 Å². The number of ether oxygens (including phenoxy) is 2. The van der Waals surface area contributed by atoms with E-state index in [9.17, 15) is 14.3 Å². The molecule has 0 spiro atoms. The van der Waals surface area contributed by atoms with Gasteiger partial charge in [-0.3, -0.25) is 4.79 Å². The molecular weight excluding hydrogens is 277 g/mol. The number of methoxy groups -OCH3 is 1. The van der Waals surface area contributed by atoms with E-state index in [0.717, 1.165) is 0 Å². The fourth-order valence-electron chi connectivity index (χ4n) is 1.69. The molecule has 1 rings (SSSR count). The minimum atomic E-state index is -0.806. The van der Waals surface area contributed by atoms with Crippen LogP contribution in [-0.2, 0) is 9.53 Å². The van der Waals surface area contributed by atoms with Crippen LogP contribution in [0.1, 0.15) is 31.9 Å². The third-order valence-electron chi connectivity index (χ3n) is 2.94. The van der Waals surface area contributed by atoms with Gasteiger partial charge < -0.3 is 19.9 Å². The number of carbonyl (C=O) groups excluding carboxylic acids is 1. The van der Waals surface area contributed by atoms with Gasteiger partial charge in [-0.1, -0.05) is 6.07 Å². The molecule has 2 N–H and O–H groups in total. The van der Waals surface area contributed by atoms with E-state index in [0.29, 0.717) is 25.1 Å². The molecule has 2 atom stereocenters. The first-order chi connectivity index (χ1) is 9.95. The molecule has 0 bridgehead atoms. The van der Waals surface area contributed by atoms with Crippen LogP contribution in [0.15, 0.2) is 18.2 Å². The van der Waals surface area contributed by atoms with Gasteiger partial charge in [0.25, 0.3) is 5.91 Å². The van der Waals surface area contributed by atoms with Crippen molar-refractivity contribution in [3.63, 3.8) is 0 Å². The topological polar surface area (TPSA) is 67.8 Å². The van der Waals surface area contributed by atoms with Gasteiger partial charge in [0.1, 0.15) is 0 Å². The van der Waals surface area contributed by atoms with Crippen LogP contribution >= 0.6 is 0 Å². The number of nitrogens with one attached hydrogen (secondary N) is 1. The third kappa shape index (κ3) is 5.69. The molecule has 1 aromatic rings. The van der Waals surface area contributed by atoms with Gasteiger partial charge in [0.05, 0.1) is 6.10 Å². The number of carbonyl (C=O) groups is 1. The van der Waals surface area contributed by atoms with Crippen molar-refractivity contribution in [1.82, 2.24) is 5.32 Å². The number of hydrogen-bond acceptors (Lipinski definition) is 4. The van der Waals surface area contributed by atoms with Gasteiger partial charge in [-0.05, 0) is 38.0 Å². The van der Waals surface area contributed by atoms with Crippen molar-refractivity contribution in [3.05, 3.63) is 29.6 Å². The molecule has 0 fully saturated rings. The quantitative estimate of drug-likeness (QED) is 0.718. The van der Waals surface area contributed by atoms with Crippen LogP contribution in [0.3, 0.4) is 0 Å². The summed E-state index contributed by atoms with van der Waals surface area (Å²) in [4.78, 5) is 11.8. The Labute approximate surface area is 124 Å². The molecule has 0 aromatic heterocycles. The first-order valence-electron chi connectivity index (χ1n) is 6.86. The molecule has 1 unspecified atom stereocenters. The Hall–Kier alpha value is -1.66. The molecule has 0 aliphatic heterocycles. The van der Waals surface area contributed by atoms with E-state index in [1.54, 1.807) is 27.0 Å². The van der Waals surface area contributed by atoms with Gasteiger partial charge in [-0.25, -0.2) is 4.39 Å².